The van der Waals surface area contributed by atoms with Gasteiger partial charge in [0, 0.05) is 32.2 Å². The summed E-state index contributed by atoms with van der Waals surface area (Å²) >= 11 is 2.38. The second-order valence-corrected chi connectivity index (χ2v) is 13.7. The van der Waals surface area contributed by atoms with Crippen LogP contribution in [0.2, 0.25) is 0 Å². The Kier molecular flexibility index (Phi) is 7.90. The maximum atomic E-state index is 13.1. The number of hydrogen-bond donors (Lipinski definition) is 1. The molecule has 3 heterocycles. The van der Waals surface area contributed by atoms with Crippen molar-refractivity contribution in [1.82, 2.24) is 8.87 Å². The number of thiophene rings is 1. The van der Waals surface area contributed by atoms with Crippen LogP contribution in [0, 0.1) is 5.92 Å². The lowest BCUT2D eigenvalue weighted by Gasteiger charge is -2.29. The molecule has 1 aliphatic heterocycles. The minimum atomic E-state index is -3.87. The van der Waals surface area contributed by atoms with E-state index >= 15 is 0 Å². The van der Waals surface area contributed by atoms with Crippen molar-refractivity contribution in [2.24, 2.45) is 16.0 Å². The minimum absolute atomic E-state index is 0.0135. The Morgan fingerprint density at radius 3 is 2.57 bits per heavy atom. The third-order valence-corrected chi connectivity index (χ3v) is 11.0. The number of aromatic nitrogens is 1. The summed E-state index contributed by atoms with van der Waals surface area (Å²) in [4.78, 5) is 17.8. The summed E-state index contributed by atoms with van der Waals surface area (Å²) in [5.41, 5.74) is 0.727. The molecule has 2 aromatic heterocycles. The number of hydrogen-bond acceptors (Lipinski definition) is 8. The first-order valence-electron chi connectivity index (χ1n) is 11.0. The molecule has 3 aromatic rings. The number of thiazole rings is 1. The fourth-order valence-corrected chi connectivity index (χ4v) is 8.23. The first-order chi connectivity index (χ1) is 16.6. The first-order valence-corrected chi connectivity index (χ1v) is 15.7. The zero-order valence-electron chi connectivity index (χ0n) is 19.0. The number of amides is 1. The number of rotatable bonds is 8. The molecule has 2 N–H and O–H groups in total. The number of carbonyl (C=O) groups is 1. The monoisotopic (exact) mass is 558 g/mol. The molecule has 14 heteroatoms. The number of primary sulfonamides is 1. The van der Waals surface area contributed by atoms with Crippen molar-refractivity contribution >= 4 is 58.8 Å². The predicted octanol–water partition coefficient (Wildman–Crippen LogP) is 1.98. The van der Waals surface area contributed by atoms with Crippen LogP contribution in [-0.4, -0.2) is 57.9 Å². The molecule has 35 heavy (non-hydrogen) atoms. The maximum absolute atomic E-state index is 13.1. The normalized spacial score (nSPS) is 16.8. The van der Waals surface area contributed by atoms with Crippen molar-refractivity contribution in [3.8, 4) is 0 Å². The molecule has 0 spiro atoms. The quantitative estimate of drug-likeness (QED) is 0.419. The van der Waals surface area contributed by atoms with Gasteiger partial charge in [0.25, 0.3) is 15.9 Å². The molecule has 1 aliphatic rings. The van der Waals surface area contributed by atoms with E-state index in [0.717, 1.165) is 5.52 Å². The second kappa shape index (κ2) is 10.6. The van der Waals surface area contributed by atoms with Crippen LogP contribution < -0.4 is 9.94 Å². The molecule has 0 atom stereocenters. The summed E-state index contributed by atoms with van der Waals surface area (Å²) in [6.45, 7) is 3.76. The van der Waals surface area contributed by atoms with Crippen LogP contribution in [0.3, 0.4) is 0 Å². The van der Waals surface area contributed by atoms with Gasteiger partial charge in [-0.1, -0.05) is 17.4 Å². The van der Waals surface area contributed by atoms with Crippen LogP contribution in [0.5, 0.6) is 0 Å². The number of benzene rings is 1. The summed E-state index contributed by atoms with van der Waals surface area (Å²) in [7, 11) is -7.42. The van der Waals surface area contributed by atoms with E-state index in [1.165, 1.54) is 39.1 Å². The Morgan fingerprint density at radius 2 is 1.94 bits per heavy atom. The molecule has 0 unspecified atom stereocenters. The summed E-state index contributed by atoms with van der Waals surface area (Å²) < 4.78 is 58.7. The zero-order chi connectivity index (χ0) is 25.2. The Labute approximate surface area is 211 Å². The molecule has 4 rings (SSSR count). The van der Waals surface area contributed by atoms with Crippen molar-refractivity contribution in [2.45, 2.75) is 35.4 Å². The van der Waals surface area contributed by atoms with Gasteiger partial charge in [0.15, 0.2) is 4.80 Å². The van der Waals surface area contributed by atoms with Crippen molar-refractivity contribution < 1.29 is 26.4 Å². The van der Waals surface area contributed by atoms with Crippen LogP contribution in [0.4, 0.5) is 0 Å². The van der Waals surface area contributed by atoms with E-state index in [4.69, 9.17) is 9.88 Å². The third kappa shape index (κ3) is 5.74. The fourth-order valence-electron chi connectivity index (χ4n) is 3.90. The summed E-state index contributed by atoms with van der Waals surface area (Å²) in [5.74, 6) is -0.711. The average molecular weight is 559 g/mol. The van der Waals surface area contributed by atoms with Crippen LogP contribution >= 0.6 is 22.7 Å². The fraction of sp³-hybridized carbons (Fsp3) is 0.429. The van der Waals surface area contributed by atoms with Gasteiger partial charge in [0.2, 0.25) is 10.0 Å². The van der Waals surface area contributed by atoms with Crippen LogP contribution in [0.15, 0.2) is 49.8 Å². The maximum Gasteiger partial charge on any atom is 0.252 e. The lowest BCUT2D eigenvalue weighted by Crippen LogP contribution is -2.40. The van der Waals surface area contributed by atoms with Crippen LogP contribution in [-0.2, 0) is 36.1 Å². The predicted molar refractivity (Wildman–Crippen MR) is 134 cm³/mol. The number of ether oxygens (including phenoxy) is 1. The number of fused-ring (bicyclic) bond motifs is 1. The van der Waals surface area contributed by atoms with Gasteiger partial charge in [-0.2, -0.15) is 9.30 Å². The lowest BCUT2D eigenvalue weighted by atomic mass is 9.98. The molecule has 0 radical (unpaired) electrons. The number of piperidine rings is 1. The van der Waals surface area contributed by atoms with Gasteiger partial charge in [-0.25, -0.2) is 22.0 Å². The highest BCUT2D eigenvalue weighted by Crippen LogP contribution is 2.27. The molecule has 0 saturated carbocycles. The number of nitrogens with zero attached hydrogens (tertiary/aromatic N) is 3. The largest absolute Gasteiger partial charge is 0.380 e. The smallest absolute Gasteiger partial charge is 0.252 e. The van der Waals surface area contributed by atoms with Crippen molar-refractivity contribution in [3.63, 3.8) is 0 Å². The Balaban J connectivity index is 1.58. The van der Waals surface area contributed by atoms with Gasteiger partial charge in [-0.05, 0) is 49.4 Å². The molecule has 0 aliphatic carbocycles. The van der Waals surface area contributed by atoms with Crippen LogP contribution in [0.25, 0.3) is 10.2 Å². The molecule has 1 fully saturated rings. The van der Waals surface area contributed by atoms with Gasteiger partial charge in [0.1, 0.15) is 4.21 Å². The van der Waals surface area contributed by atoms with E-state index in [9.17, 15) is 21.6 Å². The summed E-state index contributed by atoms with van der Waals surface area (Å²) in [6.07, 6.45) is 0.763. The lowest BCUT2D eigenvalue weighted by molar-refractivity contribution is -0.122. The molecule has 190 valence electrons. The standard InChI is InChI=1S/C21H26N4O6S4/c1-2-31-12-11-25-17-6-5-16(34(22,27)28)14-18(17)33-21(25)23-20(26)15-7-9-24(10-8-15)35(29,30)19-4-3-13-32-19/h3-6,13-15H,2,7-12H2,1H3,(H2,22,27,28). The topological polar surface area (TPSA) is 141 Å². The zero-order valence-corrected chi connectivity index (χ0v) is 22.3. The first kappa shape index (κ1) is 26.1. The van der Waals surface area contributed by atoms with E-state index in [1.807, 2.05) is 11.5 Å². The van der Waals surface area contributed by atoms with Crippen molar-refractivity contribution in [3.05, 3.63) is 40.5 Å². The molecule has 10 nitrogen and oxygen atoms in total. The van der Waals surface area contributed by atoms with Crippen molar-refractivity contribution in [1.29, 1.82) is 0 Å². The van der Waals surface area contributed by atoms with E-state index in [2.05, 4.69) is 4.99 Å². The van der Waals surface area contributed by atoms with Gasteiger partial charge >= 0.3 is 0 Å². The van der Waals surface area contributed by atoms with Gasteiger partial charge in [-0.3, -0.25) is 4.79 Å². The van der Waals surface area contributed by atoms with E-state index in [1.54, 1.807) is 23.6 Å². The molecular formula is C21H26N4O6S4. The molecule has 1 aromatic carbocycles. The number of carbonyl (C=O) groups excluding carboxylic acids is 1. The third-order valence-electron chi connectivity index (χ3n) is 5.74. The van der Waals surface area contributed by atoms with Crippen LogP contribution in [0.1, 0.15) is 19.8 Å². The average Bonchev–Trinajstić information content (AvgIpc) is 3.47. The highest BCUT2D eigenvalue weighted by atomic mass is 32.2. The van der Waals surface area contributed by atoms with E-state index in [0.29, 0.717) is 46.3 Å². The molecule has 1 amide bonds. The number of sulfonamides is 2. The number of nitrogens with two attached hydrogens (primary N) is 1. The Hall–Kier alpha value is -1.94. The summed E-state index contributed by atoms with van der Waals surface area (Å²) in [5, 5.41) is 6.99. The van der Waals surface area contributed by atoms with E-state index < -0.39 is 26.0 Å². The minimum Gasteiger partial charge on any atom is -0.380 e. The van der Waals surface area contributed by atoms with Crippen molar-refractivity contribution in [2.75, 3.05) is 26.3 Å². The SMILES string of the molecule is CCOCCn1c(=NC(=O)C2CCN(S(=O)(=O)c3cccs3)CC2)sc2cc(S(N)(=O)=O)ccc21. The highest BCUT2D eigenvalue weighted by Gasteiger charge is 2.32. The Bertz CT molecular complexity index is 1480. The molecular weight excluding hydrogens is 533 g/mol. The second-order valence-electron chi connectivity index (χ2n) is 7.97. The van der Waals surface area contributed by atoms with Gasteiger partial charge < -0.3 is 9.30 Å². The Morgan fingerprint density at radius 1 is 1.20 bits per heavy atom. The van der Waals surface area contributed by atoms with Gasteiger partial charge in [-0.15, -0.1) is 11.3 Å². The summed E-state index contributed by atoms with van der Waals surface area (Å²) in [6, 6.07) is 7.83. The molecule has 0 bridgehead atoms. The van der Waals surface area contributed by atoms with Gasteiger partial charge in [0.05, 0.1) is 21.7 Å². The van der Waals surface area contributed by atoms with E-state index in [-0.39, 0.29) is 23.9 Å². The highest BCUT2D eigenvalue weighted by molar-refractivity contribution is 7.91. The molecule has 1 saturated heterocycles.